The summed E-state index contributed by atoms with van der Waals surface area (Å²) in [7, 11) is 0. The van der Waals surface area contributed by atoms with Gasteiger partial charge in [-0.15, -0.1) is 0 Å². The van der Waals surface area contributed by atoms with Crippen LogP contribution in [-0.2, 0) is 0 Å². The molecule has 2 fully saturated rings. The van der Waals surface area contributed by atoms with Crippen LogP contribution in [0.3, 0.4) is 0 Å². The predicted molar refractivity (Wildman–Crippen MR) is 53.5 cm³/mol. The van der Waals surface area contributed by atoms with Crippen molar-refractivity contribution in [1.29, 1.82) is 0 Å². The minimum Gasteiger partial charge on any atom is -0.392 e. The summed E-state index contributed by atoms with van der Waals surface area (Å²) < 4.78 is 0. The van der Waals surface area contributed by atoms with Crippen LogP contribution in [0.1, 0.15) is 33.1 Å². The molecule has 1 saturated heterocycles. The molecule has 0 unspecified atom stereocenters. The highest BCUT2D eigenvalue weighted by molar-refractivity contribution is 4.91. The normalized spacial score (nSPS) is 41.1. The van der Waals surface area contributed by atoms with Crippen LogP contribution in [0.15, 0.2) is 0 Å². The first-order valence-corrected chi connectivity index (χ1v) is 5.60. The summed E-state index contributed by atoms with van der Waals surface area (Å²) in [4.78, 5) is 2.53. The topological polar surface area (TPSA) is 23.5 Å². The molecule has 0 aromatic rings. The first kappa shape index (κ1) is 9.47. The predicted octanol–water partition coefficient (Wildman–Crippen LogP) is 1.49. The van der Waals surface area contributed by atoms with Crippen LogP contribution in [0, 0.1) is 11.8 Å². The van der Waals surface area contributed by atoms with Gasteiger partial charge in [0.15, 0.2) is 0 Å². The van der Waals surface area contributed by atoms with E-state index in [1.165, 1.54) is 19.3 Å². The molecule has 2 heteroatoms. The lowest BCUT2D eigenvalue weighted by Crippen LogP contribution is -2.53. The second-order valence-electron chi connectivity index (χ2n) is 4.99. The SMILES string of the molecule is CC(C)N1C[C@H]2CCC[C@H](C1)C2O. The van der Waals surface area contributed by atoms with Crippen molar-refractivity contribution in [3.63, 3.8) is 0 Å². The number of rotatable bonds is 1. The maximum absolute atomic E-state index is 9.96. The zero-order valence-corrected chi connectivity index (χ0v) is 8.74. The minimum atomic E-state index is 0.00347. The number of hydrogen-bond acceptors (Lipinski definition) is 2. The van der Waals surface area contributed by atoms with Crippen molar-refractivity contribution >= 4 is 0 Å². The molecule has 0 spiro atoms. The molecule has 2 nitrogen and oxygen atoms in total. The highest BCUT2D eigenvalue weighted by Crippen LogP contribution is 2.35. The van der Waals surface area contributed by atoms with Gasteiger partial charge in [0.2, 0.25) is 0 Å². The van der Waals surface area contributed by atoms with Gasteiger partial charge >= 0.3 is 0 Å². The molecule has 0 aromatic carbocycles. The minimum absolute atomic E-state index is 0.00347. The van der Waals surface area contributed by atoms with E-state index < -0.39 is 0 Å². The lowest BCUT2D eigenvalue weighted by atomic mass is 9.75. The highest BCUT2D eigenvalue weighted by Gasteiger charge is 2.38. The summed E-state index contributed by atoms with van der Waals surface area (Å²) >= 11 is 0. The smallest absolute Gasteiger partial charge is 0.0620 e. The third kappa shape index (κ3) is 1.75. The summed E-state index contributed by atoms with van der Waals surface area (Å²) in [5, 5.41) is 9.96. The molecule has 2 atom stereocenters. The van der Waals surface area contributed by atoms with Crippen LogP contribution >= 0.6 is 0 Å². The molecular weight excluding hydrogens is 162 g/mol. The van der Waals surface area contributed by atoms with Crippen molar-refractivity contribution in [3.8, 4) is 0 Å². The lowest BCUT2D eigenvalue weighted by Gasteiger charge is -2.46. The summed E-state index contributed by atoms with van der Waals surface area (Å²) in [5.74, 6) is 1.13. The number of hydrogen-bond donors (Lipinski definition) is 1. The van der Waals surface area contributed by atoms with E-state index in [0.29, 0.717) is 17.9 Å². The third-order valence-corrected chi connectivity index (χ3v) is 3.78. The summed E-state index contributed by atoms with van der Waals surface area (Å²) in [5.41, 5.74) is 0. The van der Waals surface area contributed by atoms with Gasteiger partial charge in [0.25, 0.3) is 0 Å². The summed E-state index contributed by atoms with van der Waals surface area (Å²) in [6.45, 7) is 6.76. The molecule has 1 heterocycles. The van der Waals surface area contributed by atoms with Gasteiger partial charge in [-0.25, -0.2) is 0 Å². The number of aliphatic hydroxyl groups is 1. The number of fused-ring (bicyclic) bond motifs is 2. The molecule has 1 N–H and O–H groups in total. The van der Waals surface area contributed by atoms with Crippen LogP contribution in [-0.4, -0.2) is 35.2 Å². The molecule has 1 aliphatic carbocycles. The molecule has 2 bridgehead atoms. The molecule has 2 rings (SSSR count). The van der Waals surface area contributed by atoms with Gasteiger partial charge in [-0.05, 0) is 38.5 Å². The van der Waals surface area contributed by atoms with Crippen LogP contribution < -0.4 is 0 Å². The molecule has 13 heavy (non-hydrogen) atoms. The quantitative estimate of drug-likeness (QED) is 0.665. The van der Waals surface area contributed by atoms with Crippen molar-refractivity contribution in [2.45, 2.75) is 45.3 Å². The van der Waals surface area contributed by atoms with Crippen molar-refractivity contribution in [2.75, 3.05) is 13.1 Å². The first-order chi connectivity index (χ1) is 6.18. The van der Waals surface area contributed by atoms with E-state index >= 15 is 0 Å². The van der Waals surface area contributed by atoms with Gasteiger partial charge in [-0.1, -0.05) is 6.42 Å². The molecule has 1 saturated carbocycles. The lowest BCUT2D eigenvalue weighted by molar-refractivity contribution is -0.0575. The van der Waals surface area contributed by atoms with Gasteiger partial charge in [-0.3, -0.25) is 0 Å². The largest absolute Gasteiger partial charge is 0.392 e. The van der Waals surface area contributed by atoms with Gasteiger partial charge in [0, 0.05) is 19.1 Å². The Morgan fingerprint density at radius 2 is 1.69 bits per heavy atom. The zero-order chi connectivity index (χ0) is 9.42. The van der Waals surface area contributed by atoms with E-state index in [2.05, 4.69) is 18.7 Å². The van der Waals surface area contributed by atoms with Crippen LogP contribution in [0.5, 0.6) is 0 Å². The molecule has 2 aliphatic rings. The molecule has 0 radical (unpaired) electrons. The Morgan fingerprint density at radius 1 is 1.15 bits per heavy atom. The van der Waals surface area contributed by atoms with E-state index in [1.54, 1.807) is 0 Å². The van der Waals surface area contributed by atoms with Gasteiger partial charge in [-0.2, -0.15) is 0 Å². The Morgan fingerprint density at radius 3 is 2.15 bits per heavy atom. The van der Waals surface area contributed by atoms with Gasteiger partial charge in [0.05, 0.1) is 6.10 Å². The monoisotopic (exact) mass is 183 g/mol. The Kier molecular flexibility index (Phi) is 2.61. The van der Waals surface area contributed by atoms with Gasteiger partial charge in [0.1, 0.15) is 0 Å². The molecule has 0 aromatic heterocycles. The summed E-state index contributed by atoms with van der Waals surface area (Å²) in [6.07, 6.45) is 3.81. The Hall–Kier alpha value is -0.0800. The number of nitrogens with zero attached hydrogens (tertiary/aromatic N) is 1. The van der Waals surface area contributed by atoms with E-state index in [1.807, 2.05) is 0 Å². The average Bonchev–Trinajstić information content (AvgIpc) is 2.02. The Bertz CT molecular complexity index is 167. The fourth-order valence-corrected chi connectivity index (χ4v) is 2.87. The maximum atomic E-state index is 9.96. The van der Waals surface area contributed by atoms with E-state index in [4.69, 9.17) is 0 Å². The van der Waals surface area contributed by atoms with E-state index in [0.717, 1.165) is 13.1 Å². The van der Waals surface area contributed by atoms with E-state index in [-0.39, 0.29) is 6.10 Å². The summed E-state index contributed by atoms with van der Waals surface area (Å²) in [6, 6.07) is 0.649. The third-order valence-electron chi connectivity index (χ3n) is 3.78. The highest BCUT2D eigenvalue weighted by atomic mass is 16.3. The van der Waals surface area contributed by atoms with E-state index in [9.17, 15) is 5.11 Å². The standard InChI is InChI=1S/C11H21NO/c1-8(2)12-6-9-4-3-5-10(7-12)11(9)13/h8-11,13H,3-7H2,1-2H3/t9-,10-/m1/s1. The Labute approximate surface area is 80.9 Å². The second kappa shape index (κ2) is 3.58. The number of aliphatic hydroxyl groups excluding tert-OH is 1. The second-order valence-corrected chi connectivity index (χ2v) is 4.99. The van der Waals surface area contributed by atoms with Crippen LogP contribution in [0.4, 0.5) is 0 Å². The van der Waals surface area contributed by atoms with Crippen molar-refractivity contribution in [1.82, 2.24) is 4.90 Å². The van der Waals surface area contributed by atoms with Crippen LogP contribution in [0.2, 0.25) is 0 Å². The fraction of sp³-hybridized carbons (Fsp3) is 1.00. The maximum Gasteiger partial charge on any atom is 0.0620 e. The molecule has 0 amide bonds. The number of likely N-dealkylation sites (tertiary alicyclic amines) is 1. The average molecular weight is 183 g/mol. The van der Waals surface area contributed by atoms with Crippen molar-refractivity contribution in [2.24, 2.45) is 11.8 Å². The first-order valence-electron chi connectivity index (χ1n) is 5.60. The molecule has 76 valence electrons. The van der Waals surface area contributed by atoms with Crippen LogP contribution in [0.25, 0.3) is 0 Å². The number of piperidine rings is 1. The van der Waals surface area contributed by atoms with Crippen molar-refractivity contribution in [3.05, 3.63) is 0 Å². The Balaban J connectivity index is 2.03. The van der Waals surface area contributed by atoms with Gasteiger partial charge < -0.3 is 10.0 Å². The fourth-order valence-electron chi connectivity index (χ4n) is 2.87. The molecular formula is C11H21NO. The molecule has 1 aliphatic heterocycles. The zero-order valence-electron chi connectivity index (χ0n) is 8.74. The van der Waals surface area contributed by atoms with Crippen molar-refractivity contribution < 1.29 is 5.11 Å².